The third-order valence-corrected chi connectivity index (χ3v) is 6.41. The number of pyridine rings is 1. The Labute approximate surface area is 171 Å². The summed E-state index contributed by atoms with van der Waals surface area (Å²) in [5, 5.41) is 0. The molecule has 1 amide bonds. The molecule has 4 rings (SSSR count). The number of carbonyl (C=O) groups excluding carboxylic acids is 1. The summed E-state index contributed by atoms with van der Waals surface area (Å²) in [7, 11) is 1.96. The second kappa shape index (κ2) is 8.23. The first-order valence-electron chi connectivity index (χ1n) is 10.3. The molecule has 2 fully saturated rings. The molecule has 0 bridgehead atoms. The lowest BCUT2D eigenvalue weighted by Crippen LogP contribution is -2.39. The largest absolute Gasteiger partial charge is 0.383 e. The minimum absolute atomic E-state index is 0.213. The maximum Gasteiger partial charge on any atom is 0.223 e. The molecule has 2 aromatic heterocycles. The molecule has 4 N–H and O–H groups in total. The molecule has 1 aliphatic carbocycles. The topological polar surface area (TPSA) is 114 Å². The highest BCUT2D eigenvalue weighted by Gasteiger charge is 2.40. The van der Waals surface area contributed by atoms with Gasteiger partial charge >= 0.3 is 0 Å². The Kier molecular flexibility index (Phi) is 5.51. The third kappa shape index (κ3) is 4.41. The van der Waals surface area contributed by atoms with Gasteiger partial charge in [-0.15, -0.1) is 0 Å². The van der Waals surface area contributed by atoms with Crippen molar-refractivity contribution in [2.75, 3.05) is 36.5 Å². The standard InChI is InChI=1S/C21H29N7O/c1-27(20(29)5-4-14-3-2-7-24-12-14)17-9-15-6-8-28(13-16(15)10-17)19-11-18(22)25-21(23)26-19/h2-3,7,11-12,15-17H,4-6,8-10,13H2,1H3,(H4,22,23,25,26)/t15-,16-,17+/m1/s1. The fourth-order valence-electron chi connectivity index (χ4n) is 4.79. The van der Waals surface area contributed by atoms with Crippen LogP contribution in [0.15, 0.2) is 30.6 Å². The predicted molar refractivity (Wildman–Crippen MR) is 113 cm³/mol. The van der Waals surface area contributed by atoms with Gasteiger partial charge in [0.2, 0.25) is 11.9 Å². The smallest absolute Gasteiger partial charge is 0.223 e. The molecule has 8 nitrogen and oxygen atoms in total. The Morgan fingerprint density at radius 3 is 2.86 bits per heavy atom. The van der Waals surface area contributed by atoms with E-state index in [1.54, 1.807) is 12.3 Å². The van der Waals surface area contributed by atoms with Crippen LogP contribution < -0.4 is 16.4 Å². The molecule has 154 valence electrons. The number of hydrogen-bond acceptors (Lipinski definition) is 7. The number of aromatic nitrogens is 3. The van der Waals surface area contributed by atoms with Crippen molar-refractivity contribution in [3.05, 3.63) is 36.2 Å². The first kappa shape index (κ1) is 19.4. The molecule has 2 aliphatic rings. The monoisotopic (exact) mass is 395 g/mol. The number of rotatable bonds is 5. The first-order valence-corrected chi connectivity index (χ1v) is 10.3. The Bertz CT molecular complexity index is 839. The number of amides is 1. The van der Waals surface area contributed by atoms with E-state index in [0.717, 1.165) is 50.2 Å². The number of hydrogen-bond donors (Lipinski definition) is 2. The van der Waals surface area contributed by atoms with Crippen LogP contribution in [0.1, 0.15) is 31.2 Å². The van der Waals surface area contributed by atoms with Crippen LogP contribution in [0.5, 0.6) is 0 Å². The molecule has 0 unspecified atom stereocenters. The van der Waals surface area contributed by atoms with E-state index < -0.39 is 0 Å². The molecule has 1 saturated carbocycles. The number of aryl methyl sites for hydroxylation is 1. The van der Waals surface area contributed by atoms with Crippen LogP contribution in [0, 0.1) is 11.8 Å². The van der Waals surface area contributed by atoms with Crippen LogP contribution >= 0.6 is 0 Å². The summed E-state index contributed by atoms with van der Waals surface area (Å²) in [5.74, 6) is 2.84. The summed E-state index contributed by atoms with van der Waals surface area (Å²) >= 11 is 0. The van der Waals surface area contributed by atoms with E-state index >= 15 is 0 Å². The maximum absolute atomic E-state index is 12.7. The Hall–Kier alpha value is -2.90. The third-order valence-electron chi connectivity index (χ3n) is 6.41. The van der Waals surface area contributed by atoms with Gasteiger partial charge in [-0.1, -0.05) is 6.07 Å². The van der Waals surface area contributed by atoms with Crippen LogP contribution in [0.2, 0.25) is 0 Å². The second-order valence-corrected chi connectivity index (χ2v) is 8.26. The van der Waals surface area contributed by atoms with Gasteiger partial charge in [0.25, 0.3) is 0 Å². The molecular weight excluding hydrogens is 366 g/mol. The highest BCUT2D eigenvalue weighted by molar-refractivity contribution is 5.76. The summed E-state index contributed by atoms with van der Waals surface area (Å²) < 4.78 is 0. The van der Waals surface area contributed by atoms with E-state index in [-0.39, 0.29) is 11.9 Å². The molecule has 0 spiro atoms. The van der Waals surface area contributed by atoms with Crippen LogP contribution in [-0.2, 0) is 11.2 Å². The number of nitrogens with two attached hydrogens (primary N) is 2. The molecule has 0 aromatic carbocycles. The Balaban J connectivity index is 1.33. The highest BCUT2D eigenvalue weighted by Crippen LogP contribution is 2.41. The normalized spacial score (nSPS) is 23.6. The lowest BCUT2D eigenvalue weighted by molar-refractivity contribution is -0.131. The maximum atomic E-state index is 12.7. The van der Waals surface area contributed by atoms with E-state index in [2.05, 4.69) is 19.9 Å². The van der Waals surface area contributed by atoms with Crippen molar-refractivity contribution in [2.24, 2.45) is 11.8 Å². The SMILES string of the molecule is CN(C(=O)CCc1cccnc1)[C@H]1C[C@H]2CCN(c3cc(N)nc(N)n3)C[C@H]2C1. The molecule has 8 heteroatoms. The average molecular weight is 396 g/mol. The van der Waals surface area contributed by atoms with Crippen molar-refractivity contribution in [2.45, 2.75) is 38.1 Å². The summed E-state index contributed by atoms with van der Waals surface area (Å²) in [5.41, 5.74) is 12.7. The number of fused-ring (bicyclic) bond motifs is 1. The summed E-state index contributed by atoms with van der Waals surface area (Å²) in [4.78, 5) is 29.4. The zero-order valence-electron chi connectivity index (χ0n) is 16.9. The zero-order valence-corrected chi connectivity index (χ0v) is 16.9. The van der Waals surface area contributed by atoms with Crippen molar-refractivity contribution in [3.63, 3.8) is 0 Å². The van der Waals surface area contributed by atoms with Gasteiger partial charge < -0.3 is 21.3 Å². The van der Waals surface area contributed by atoms with Crippen molar-refractivity contribution in [1.29, 1.82) is 0 Å². The van der Waals surface area contributed by atoms with Gasteiger partial charge in [-0.3, -0.25) is 9.78 Å². The fraction of sp³-hybridized carbons (Fsp3) is 0.524. The van der Waals surface area contributed by atoms with Crippen LogP contribution in [0.25, 0.3) is 0 Å². The number of piperidine rings is 1. The molecule has 1 saturated heterocycles. The average Bonchev–Trinajstić information content (AvgIpc) is 3.14. The van der Waals surface area contributed by atoms with Crippen LogP contribution in [0.3, 0.4) is 0 Å². The first-order chi connectivity index (χ1) is 14.0. The fourth-order valence-corrected chi connectivity index (χ4v) is 4.79. The second-order valence-electron chi connectivity index (χ2n) is 8.26. The Morgan fingerprint density at radius 2 is 2.10 bits per heavy atom. The minimum atomic E-state index is 0.213. The lowest BCUT2D eigenvalue weighted by Gasteiger charge is -2.35. The molecular formula is C21H29N7O. The quantitative estimate of drug-likeness (QED) is 0.792. The van der Waals surface area contributed by atoms with E-state index in [1.807, 2.05) is 30.3 Å². The predicted octanol–water partition coefficient (Wildman–Crippen LogP) is 1.73. The van der Waals surface area contributed by atoms with Gasteiger partial charge in [0.15, 0.2) is 0 Å². The van der Waals surface area contributed by atoms with Gasteiger partial charge in [0, 0.05) is 51.1 Å². The van der Waals surface area contributed by atoms with E-state index in [4.69, 9.17) is 11.5 Å². The van der Waals surface area contributed by atoms with Crippen LogP contribution in [0.4, 0.5) is 17.6 Å². The van der Waals surface area contributed by atoms with Gasteiger partial charge in [0.05, 0.1) is 0 Å². The van der Waals surface area contributed by atoms with E-state index in [1.165, 1.54) is 0 Å². The number of nitrogen functional groups attached to an aromatic ring is 2. The van der Waals surface area contributed by atoms with Gasteiger partial charge in [-0.2, -0.15) is 9.97 Å². The molecule has 1 aliphatic heterocycles. The van der Waals surface area contributed by atoms with Crippen molar-refractivity contribution < 1.29 is 4.79 Å². The van der Waals surface area contributed by atoms with Crippen molar-refractivity contribution in [3.8, 4) is 0 Å². The van der Waals surface area contributed by atoms with Gasteiger partial charge in [0.1, 0.15) is 11.6 Å². The summed E-state index contributed by atoms with van der Waals surface area (Å²) in [6, 6.07) is 6.03. The molecule has 0 radical (unpaired) electrons. The number of anilines is 3. The lowest BCUT2D eigenvalue weighted by atomic mass is 9.89. The minimum Gasteiger partial charge on any atom is -0.383 e. The van der Waals surface area contributed by atoms with E-state index in [9.17, 15) is 4.79 Å². The highest BCUT2D eigenvalue weighted by atomic mass is 16.2. The van der Waals surface area contributed by atoms with Gasteiger partial charge in [-0.25, -0.2) is 0 Å². The zero-order chi connectivity index (χ0) is 20.4. The van der Waals surface area contributed by atoms with E-state index in [0.29, 0.717) is 30.1 Å². The summed E-state index contributed by atoms with van der Waals surface area (Å²) in [6.07, 6.45) is 8.07. The molecule has 3 heterocycles. The molecule has 29 heavy (non-hydrogen) atoms. The van der Waals surface area contributed by atoms with Crippen molar-refractivity contribution >= 4 is 23.5 Å². The van der Waals surface area contributed by atoms with Crippen molar-refractivity contribution in [1.82, 2.24) is 19.9 Å². The Morgan fingerprint density at radius 1 is 1.28 bits per heavy atom. The molecule has 3 atom stereocenters. The molecule has 2 aromatic rings. The van der Waals surface area contributed by atoms with Crippen LogP contribution in [-0.4, -0.2) is 51.9 Å². The summed E-state index contributed by atoms with van der Waals surface area (Å²) in [6.45, 7) is 1.86. The number of nitrogens with zero attached hydrogens (tertiary/aromatic N) is 5. The number of carbonyl (C=O) groups is 1. The van der Waals surface area contributed by atoms with Gasteiger partial charge in [-0.05, 0) is 49.1 Å².